The summed E-state index contributed by atoms with van der Waals surface area (Å²) in [6.45, 7) is 4.13. The van der Waals surface area contributed by atoms with Crippen molar-refractivity contribution in [2.45, 2.75) is 13.8 Å². The summed E-state index contributed by atoms with van der Waals surface area (Å²) in [5.74, 6) is 1.90. The second-order valence-electron chi connectivity index (χ2n) is 8.01. The lowest BCUT2D eigenvalue weighted by Crippen LogP contribution is -2.11. The van der Waals surface area contributed by atoms with Crippen LogP contribution >= 0.6 is 0 Å². The number of carbonyl (C=O) groups excluding carboxylic acids is 1. The molecule has 4 aromatic rings. The lowest BCUT2D eigenvalue weighted by Gasteiger charge is -2.13. The number of fused-ring (bicyclic) bond motifs is 1. The van der Waals surface area contributed by atoms with E-state index < -0.39 is 0 Å². The first-order valence-corrected chi connectivity index (χ1v) is 11.1. The third kappa shape index (κ3) is 5.68. The molecule has 2 heterocycles. The summed E-state index contributed by atoms with van der Waals surface area (Å²) in [6.07, 6.45) is 4.91. The maximum atomic E-state index is 12.6. The van der Waals surface area contributed by atoms with Crippen molar-refractivity contribution in [3.8, 4) is 11.5 Å². The average molecular weight is 470 g/mol. The van der Waals surface area contributed by atoms with Crippen molar-refractivity contribution >= 4 is 33.8 Å². The molecule has 0 amide bonds. The number of nitrogens with zero attached hydrogens (tertiary/aromatic N) is 3. The van der Waals surface area contributed by atoms with E-state index in [1.54, 1.807) is 12.3 Å². The van der Waals surface area contributed by atoms with Crippen molar-refractivity contribution in [3.63, 3.8) is 0 Å². The van der Waals surface area contributed by atoms with Gasteiger partial charge in [-0.1, -0.05) is 12.1 Å². The summed E-state index contributed by atoms with van der Waals surface area (Å²) in [6, 6.07) is 15.2. The van der Waals surface area contributed by atoms with Crippen LogP contribution in [-0.2, 0) is 9.53 Å². The van der Waals surface area contributed by atoms with E-state index in [9.17, 15) is 4.79 Å². The number of methoxy groups -OCH3 is 1. The van der Waals surface area contributed by atoms with Crippen LogP contribution < -0.4 is 15.8 Å². The molecule has 2 aromatic heterocycles. The molecule has 2 aromatic carbocycles. The topological polar surface area (TPSA) is 112 Å². The predicted molar refractivity (Wildman–Crippen MR) is 137 cm³/mol. The van der Waals surface area contributed by atoms with Crippen LogP contribution in [0.2, 0.25) is 0 Å². The van der Waals surface area contributed by atoms with Gasteiger partial charge in [0, 0.05) is 36.0 Å². The molecule has 35 heavy (non-hydrogen) atoms. The third-order valence-corrected chi connectivity index (χ3v) is 5.39. The summed E-state index contributed by atoms with van der Waals surface area (Å²) in [4.78, 5) is 25.6. The molecule has 0 spiro atoms. The Labute approximate surface area is 203 Å². The van der Waals surface area contributed by atoms with Crippen LogP contribution in [-0.4, -0.2) is 41.0 Å². The zero-order valence-corrected chi connectivity index (χ0v) is 19.9. The van der Waals surface area contributed by atoms with Crippen molar-refractivity contribution in [3.05, 3.63) is 84.0 Å². The number of nitrogens with one attached hydrogen (secondary N) is 1. The Morgan fingerprint density at radius 3 is 2.63 bits per heavy atom. The second-order valence-corrected chi connectivity index (χ2v) is 8.01. The van der Waals surface area contributed by atoms with Crippen LogP contribution in [0.4, 0.5) is 11.5 Å². The first kappa shape index (κ1) is 24.0. The maximum absolute atomic E-state index is 12.6. The van der Waals surface area contributed by atoms with Gasteiger partial charge in [0.15, 0.2) is 5.78 Å². The molecular weight excluding hydrogens is 442 g/mol. The number of aromatic nitrogens is 3. The number of hydrogen-bond donors (Lipinski definition) is 2. The molecule has 0 aliphatic rings. The van der Waals surface area contributed by atoms with Crippen LogP contribution in [0.5, 0.6) is 11.5 Å². The normalized spacial score (nSPS) is 11.5. The van der Waals surface area contributed by atoms with Crippen molar-refractivity contribution in [1.29, 1.82) is 0 Å². The van der Waals surface area contributed by atoms with Gasteiger partial charge in [-0.2, -0.15) is 0 Å². The minimum atomic E-state index is -0.140. The summed E-state index contributed by atoms with van der Waals surface area (Å²) in [5.41, 5.74) is 10.4. The number of ketones is 1. The molecule has 0 saturated carbocycles. The molecule has 4 rings (SSSR count). The molecule has 0 bridgehead atoms. The highest BCUT2D eigenvalue weighted by Crippen LogP contribution is 2.30. The van der Waals surface area contributed by atoms with Gasteiger partial charge >= 0.3 is 0 Å². The number of ether oxygens (including phenoxy) is 2. The van der Waals surface area contributed by atoms with Crippen molar-refractivity contribution in [1.82, 2.24) is 15.0 Å². The van der Waals surface area contributed by atoms with Gasteiger partial charge in [-0.15, -0.1) is 0 Å². The number of benzene rings is 2. The second kappa shape index (κ2) is 10.9. The fraction of sp³-hybridized carbons (Fsp3) is 0.185. The smallest absolute Gasteiger partial charge is 0.188 e. The first-order valence-electron chi connectivity index (χ1n) is 11.1. The molecular formula is C27H27N5O3. The SMILES string of the molecule is COCC(=O)C(=CCN)c1ccc2ncnc(Nc3ccc(Oc4ccc(C)nc4)c(C)c3)c2c1. The Bertz CT molecular complexity index is 1380. The Balaban J connectivity index is 1.63. The standard InChI is InChI=1S/C27H27N5O3/c1-17-12-20(6-9-26(17)35-21-7-4-18(2)29-14-21)32-27-23-13-19(5-8-24(23)30-16-31-27)22(10-11-28)25(33)15-34-3/h4-10,12-14,16H,11,15,28H2,1-3H3,(H,30,31,32). The number of aryl methyl sites for hydroxylation is 2. The van der Waals surface area contributed by atoms with Crippen LogP contribution in [0.15, 0.2) is 67.1 Å². The first-order chi connectivity index (χ1) is 17.0. The molecule has 0 atom stereocenters. The lowest BCUT2D eigenvalue weighted by molar-refractivity contribution is -0.117. The molecule has 0 aliphatic carbocycles. The lowest BCUT2D eigenvalue weighted by atomic mass is 9.99. The Morgan fingerprint density at radius 1 is 1.06 bits per heavy atom. The maximum Gasteiger partial charge on any atom is 0.188 e. The van der Waals surface area contributed by atoms with Crippen LogP contribution in [0.25, 0.3) is 16.5 Å². The summed E-state index contributed by atoms with van der Waals surface area (Å²) in [5, 5.41) is 4.15. The van der Waals surface area contributed by atoms with Gasteiger partial charge in [0.25, 0.3) is 0 Å². The highest BCUT2D eigenvalue weighted by molar-refractivity contribution is 6.22. The number of Topliss-reactive ketones (excluding diaryl/α,β-unsaturated/α-hetero) is 1. The molecule has 8 heteroatoms. The Hall–Kier alpha value is -4.14. The highest BCUT2D eigenvalue weighted by atomic mass is 16.5. The highest BCUT2D eigenvalue weighted by Gasteiger charge is 2.14. The molecule has 0 saturated heterocycles. The van der Waals surface area contributed by atoms with Crippen molar-refractivity contribution in [2.24, 2.45) is 5.73 Å². The number of rotatable bonds is 9. The summed E-state index contributed by atoms with van der Waals surface area (Å²) in [7, 11) is 1.49. The third-order valence-electron chi connectivity index (χ3n) is 5.39. The largest absolute Gasteiger partial charge is 0.455 e. The molecule has 0 unspecified atom stereocenters. The summed E-state index contributed by atoms with van der Waals surface area (Å²) >= 11 is 0. The monoisotopic (exact) mass is 469 g/mol. The predicted octanol–water partition coefficient (Wildman–Crippen LogP) is 4.74. The molecule has 8 nitrogen and oxygen atoms in total. The van der Waals surface area contributed by atoms with Gasteiger partial charge in [0.2, 0.25) is 0 Å². The van der Waals surface area contributed by atoms with Gasteiger partial charge < -0.3 is 20.5 Å². The van der Waals surface area contributed by atoms with E-state index >= 15 is 0 Å². The van der Waals surface area contributed by atoms with E-state index in [1.807, 2.05) is 62.4 Å². The van der Waals surface area contributed by atoms with Crippen molar-refractivity contribution < 1.29 is 14.3 Å². The number of carbonyl (C=O) groups is 1. The van der Waals surface area contributed by atoms with Gasteiger partial charge in [-0.3, -0.25) is 9.78 Å². The van der Waals surface area contributed by atoms with E-state index in [1.165, 1.54) is 13.4 Å². The van der Waals surface area contributed by atoms with Crippen LogP contribution in [0.3, 0.4) is 0 Å². The fourth-order valence-electron chi connectivity index (χ4n) is 3.66. The van der Waals surface area contributed by atoms with Gasteiger partial charge in [0.1, 0.15) is 30.3 Å². The average Bonchev–Trinajstić information content (AvgIpc) is 2.85. The van der Waals surface area contributed by atoms with Crippen LogP contribution in [0.1, 0.15) is 16.8 Å². The number of pyridine rings is 1. The molecule has 0 aliphatic heterocycles. The number of hydrogen-bond acceptors (Lipinski definition) is 8. The Kier molecular flexibility index (Phi) is 7.45. The fourth-order valence-corrected chi connectivity index (χ4v) is 3.66. The van der Waals surface area contributed by atoms with Gasteiger partial charge in [0.05, 0.1) is 11.7 Å². The van der Waals surface area contributed by atoms with E-state index in [0.29, 0.717) is 17.1 Å². The zero-order valence-electron chi connectivity index (χ0n) is 19.9. The van der Waals surface area contributed by atoms with E-state index in [4.69, 9.17) is 15.2 Å². The van der Waals surface area contributed by atoms with E-state index in [-0.39, 0.29) is 18.9 Å². The number of anilines is 2. The summed E-state index contributed by atoms with van der Waals surface area (Å²) < 4.78 is 11.0. The quantitative estimate of drug-likeness (QED) is 0.338. The molecule has 0 fully saturated rings. The molecule has 178 valence electrons. The zero-order chi connectivity index (χ0) is 24.8. The van der Waals surface area contributed by atoms with Crippen LogP contribution in [0, 0.1) is 13.8 Å². The minimum Gasteiger partial charge on any atom is -0.455 e. The molecule has 3 N–H and O–H groups in total. The van der Waals surface area contributed by atoms with Crippen molar-refractivity contribution in [2.75, 3.05) is 25.6 Å². The minimum absolute atomic E-state index is 0.0212. The van der Waals surface area contributed by atoms with E-state index in [0.717, 1.165) is 39.2 Å². The van der Waals surface area contributed by atoms with Gasteiger partial charge in [-0.25, -0.2) is 9.97 Å². The van der Waals surface area contributed by atoms with E-state index in [2.05, 4.69) is 20.3 Å². The van der Waals surface area contributed by atoms with Gasteiger partial charge in [-0.05, 0) is 67.4 Å². The Morgan fingerprint density at radius 2 is 1.91 bits per heavy atom. The number of nitrogens with two attached hydrogens (primary N) is 1. The molecule has 0 radical (unpaired) electrons.